The van der Waals surface area contributed by atoms with Gasteiger partial charge in [-0.3, -0.25) is 29.4 Å². The molecule has 4 amide bonds. The third-order valence-corrected chi connectivity index (χ3v) is 4.91. The summed E-state index contributed by atoms with van der Waals surface area (Å²) in [5, 5.41) is 12.5. The number of carbonyl (C=O) groups is 5. The minimum Gasteiger partial charge on any atom is -0.475 e. The number of nitrogens with one attached hydrogen (secondary N) is 2. The molecule has 180 valence electrons. The summed E-state index contributed by atoms with van der Waals surface area (Å²) < 4.78 is 31.7. The standard InChI is InChI=1S/C18H22N4O4.C2HF3O2/c19-9-2-1-3-10-20-12-6-4-5-11-15(12)18(26)22(17(11)25)13-7-8-14(23)21-16(13)24;3-2(4,5)1(6)7/h4-6,13,20H,1-3,7-10,19H2,(H,21,23,24);(H,6,7). The van der Waals surface area contributed by atoms with Crippen molar-refractivity contribution in [2.75, 3.05) is 18.4 Å². The number of nitrogens with two attached hydrogens (primary N) is 1. The fourth-order valence-corrected chi connectivity index (χ4v) is 3.33. The first kappa shape index (κ1) is 25.8. The molecule has 2 aliphatic rings. The van der Waals surface area contributed by atoms with Crippen LogP contribution in [0.5, 0.6) is 0 Å². The molecular formula is C20H23F3N4O6. The largest absolute Gasteiger partial charge is 0.490 e. The van der Waals surface area contributed by atoms with E-state index in [9.17, 15) is 32.3 Å². The van der Waals surface area contributed by atoms with E-state index in [1.807, 2.05) is 0 Å². The number of halogens is 3. The quantitative estimate of drug-likeness (QED) is 0.341. The summed E-state index contributed by atoms with van der Waals surface area (Å²) in [6.07, 6.45) is -2.00. The number of alkyl halides is 3. The summed E-state index contributed by atoms with van der Waals surface area (Å²) >= 11 is 0. The van der Waals surface area contributed by atoms with Crippen LogP contribution in [0.3, 0.4) is 0 Å². The highest BCUT2D eigenvalue weighted by Gasteiger charge is 2.45. The number of carboxylic acid groups (broad SMARTS) is 1. The first-order valence-corrected chi connectivity index (χ1v) is 10.1. The number of amides is 4. The fraction of sp³-hybridized carbons (Fsp3) is 0.450. The Morgan fingerprint density at radius 3 is 2.39 bits per heavy atom. The highest BCUT2D eigenvalue weighted by Crippen LogP contribution is 2.32. The second-order valence-corrected chi connectivity index (χ2v) is 7.25. The van der Waals surface area contributed by atoms with Crippen LogP contribution in [0.25, 0.3) is 0 Å². The Bertz CT molecular complexity index is 950. The highest BCUT2D eigenvalue weighted by molar-refractivity contribution is 6.25. The fourth-order valence-electron chi connectivity index (χ4n) is 3.33. The molecule has 2 aliphatic heterocycles. The zero-order valence-corrected chi connectivity index (χ0v) is 17.4. The van der Waals surface area contributed by atoms with E-state index in [2.05, 4.69) is 10.6 Å². The Morgan fingerprint density at radius 1 is 1.15 bits per heavy atom. The number of unbranched alkanes of at least 4 members (excludes halogenated alkanes) is 2. The van der Waals surface area contributed by atoms with E-state index < -0.39 is 35.9 Å². The van der Waals surface area contributed by atoms with Crippen molar-refractivity contribution >= 4 is 35.3 Å². The lowest BCUT2D eigenvalue weighted by Crippen LogP contribution is -2.54. The molecule has 0 spiro atoms. The van der Waals surface area contributed by atoms with Gasteiger partial charge in [-0.1, -0.05) is 12.5 Å². The highest BCUT2D eigenvalue weighted by atomic mass is 19.4. The summed E-state index contributed by atoms with van der Waals surface area (Å²) in [5.41, 5.74) is 6.64. The number of carboxylic acids is 1. The lowest BCUT2D eigenvalue weighted by atomic mass is 10.0. The van der Waals surface area contributed by atoms with Crippen LogP contribution < -0.4 is 16.4 Å². The molecule has 1 saturated heterocycles. The number of aliphatic carboxylic acids is 1. The molecule has 0 saturated carbocycles. The van der Waals surface area contributed by atoms with Crippen molar-refractivity contribution in [1.82, 2.24) is 10.2 Å². The topological polar surface area (TPSA) is 159 Å². The average molecular weight is 472 g/mol. The van der Waals surface area contributed by atoms with Crippen molar-refractivity contribution in [2.24, 2.45) is 5.73 Å². The Balaban J connectivity index is 0.000000479. The number of fused-ring (bicyclic) bond motifs is 1. The molecule has 1 atom stereocenters. The van der Waals surface area contributed by atoms with E-state index in [0.29, 0.717) is 24.3 Å². The maximum absolute atomic E-state index is 12.9. The van der Waals surface area contributed by atoms with Crippen molar-refractivity contribution in [3.8, 4) is 0 Å². The lowest BCUT2D eigenvalue weighted by Gasteiger charge is -2.27. The van der Waals surface area contributed by atoms with Crippen molar-refractivity contribution in [3.63, 3.8) is 0 Å². The van der Waals surface area contributed by atoms with Crippen LogP contribution in [0.1, 0.15) is 52.8 Å². The molecule has 1 unspecified atom stereocenters. The molecule has 33 heavy (non-hydrogen) atoms. The van der Waals surface area contributed by atoms with E-state index in [0.717, 1.165) is 24.2 Å². The van der Waals surface area contributed by atoms with Gasteiger partial charge < -0.3 is 16.2 Å². The van der Waals surface area contributed by atoms with E-state index in [1.165, 1.54) is 0 Å². The predicted molar refractivity (Wildman–Crippen MR) is 108 cm³/mol. The minimum absolute atomic E-state index is 0.107. The van der Waals surface area contributed by atoms with Crippen molar-refractivity contribution < 1.29 is 42.3 Å². The van der Waals surface area contributed by atoms with E-state index in [4.69, 9.17) is 15.6 Å². The van der Waals surface area contributed by atoms with Gasteiger partial charge in [-0.25, -0.2) is 4.79 Å². The summed E-state index contributed by atoms with van der Waals surface area (Å²) in [6.45, 7) is 1.31. The van der Waals surface area contributed by atoms with E-state index >= 15 is 0 Å². The molecule has 13 heteroatoms. The van der Waals surface area contributed by atoms with Gasteiger partial charge in [0.25, 0.3) is 11.8 Å². The lowest BCUT2D eigenvalue weighted by molar-refractivity contribution is -0.192. The SMILES string of the molecule is NCCCCCNc1cccc2c1C(=O)N(C1CCC(=O)NC1=O)C2=O.O=C(O)C(F)(F)F. The molecule has 2 heterocycles. The maximum Gasteiger partial charge on any atom is 0.490 e. The Kier molecular flexibility index (Phi) is 8.51. The number of carbonyl (C=O) groups excluding carboxylic acids is 4. The van der Waals surface area contributed by atoms with Crippen LogP contribution in [0.2, 0.25) is 0 Å². The number of benzene rings is 1. The van der Waals surface area contributed by atoms with Gasteiger partial charge in [-0.2, -0.15) is 13.2 Å². The smallest absolute Gasteiger partial charge is 0.475 e. The van der Waals surface area contributed by atoms with Gasteiger partial charge in [0, 0.05) is 18.7 Å². The van der Waals surface area contributed by atoms with E-state index in [1.54, 1.807) is 18.2 Å². The second-order valence-electron chi connectivity index (χ2n) is 7.25. The van der Waals surface area contributed by atoms with Gasteiger partial charge in [0.1, 0.15) is 6.04 Å². The predicted octanol–water partition coefficient (Wildman–Crippen LogP) is 1.26. The summed E-state index contributed by atoms with van der Waals surface area (Å²) in [7, 11) is 0. The third kappa shape index (κ3) is 6.28. The van der Waals surface area contributed by atoms with Crippen molar-refractivity contribution in [1.29, 1.82) is 0 Å². The van der Waals surface area contributed by atoms with Crippen LogP contribution >= 0.6 is 0 Å². The molecule has 0 bridgehead atoms. The van der Waals surface area contributed by atoms with Gasteiger partial charge in [0.15, 0.2) is 0 Å². The summed E-state index contributed by atoms with van der Waals surface area (Å²) in [4.78, 5) is 58.9. The van der Waals surface area contributed by atoms with Crippen LogP contribution in [0.15, 0.2) is 18.2 Å². The van der Waals surface area contributed by atoms with Gasteiger partial charge >= 0.3 is 12.1 Å². The zero-order chi connectivity index (χ0) is 24.8. The number of rotatable bonds is 7. The van der Waals surface area contributed by atoms with E-state index in [-0.39, 0.29) is 24.3 Å². The van der Waals surface area contributed by atoms with Crippen LogP contribution in [-0.2, 0) is 14.4 Å². The Labute approximate surface area is 186 Å². The number of hydrogen-bond donors (Lipinski definition) is 4. The normalized spacial score (nSPS) is 17.8. The molecule has 10 nitrogen and oxygen atoms in total. The molecular weight excluding hydrogens is 449 g/mol. The van der Waals surface area contributed by atoms with Gasteiger partial charge in [0.2, 0.25) is 11.8 Å². The molecule has 1 fully saturated rings. The average Bonchev–Trinajstić information content (AvgIpc) is 2.99. The van der Waals surface area contributed by atoms with Crippen LogP contribution in [-0.4, -0.2) is 64.9 Å². The molecule has 1 aromatic carbocycles. The molecule has 0 radical (unpaired) electrons. The number of hydrogen-bond acceptors (Lipinski definition) is 7. The monoisotopic (exact) mass is 472 g/mol. The molecule has 0 aliphatic carbocycles. The van der Waals surface area contributed by atoms with Crippen molar-refractivity contribution in [2.45, 2.75) is 44.3 Å². The number of piperidine rings is 1. The van der Waals surface area contributed by atoms with Gasteiger partial charge in [-0.05, 0) is 37.9 Å². The summed E-state index contributed by atoms with van der Waals surface area (Å²) in [6, 6.07) is 4.10. The molecule has 5 N–H and O–H groups in total. The maximum atomic E-state index is 12.9. The Hall–Kier alpha value is -3.48. The van der Waals surface area contributed by atoms with Gasteiger partial charge in [0.05, 0.1) is 11.1 Å². The zero-order valence-electron chi connectivity index (χ0n) is 17.4. The van der Waals surface area contributed by atoms with Crippen molar-refractivity contribution in [3.05, 3.63) is 29.3 Å². The third-order valence-electron chi connectivity index (χ3n) is 4.91. The number of imide groups is 2. The van der Waals surface area contributed by atoms with Gasteiger partial charge in [-0.15, -0.1) is 0 Å². The molecule has 0 aromatic heterocycles. The van der Waals surface area contributed by atoms with Crippen LogP contribution in [0, 0.1) is 0 Å². The first-order chi connectivity index (χ1) is 15.5. The molecule has 3 rings (SSSR count). The first-order valence-electron chi connectivity index (χ1n) is 10.1. The number of anilines is 1. The summed E-state index contributed by atoms with van der Waals surface area (Å²) in [5.74, 6) is -4.74. The number of nitrogens with zero attached hydrogens (tertiary/aromatic N) is 1. The second kappa shape index (κ2) is 10.9. The Morgan fingerprint density at radius 2 is 1.82 bits per heavy atom. The van der Waals surface area contributed by atoms with Crippen LogP contribution in [0.4, 0.5) is 18.9 Å². The molecule has 1 aromatic rings. The minimum atomic E-state index is -5.08.